The molecule has 0 saturated heterocycles. The van der Waals surface area contributed by atoms with Gasteiger partial charge in [-0.2, -0.15) is 31.4 Å². The summed E-state index contributed by atoms with van der Waals surface area (Å²) in [6.45, 7) is 3.04. The number of rotatable bonds is 3. The minimum atomic E-state index is -4.98. The maximum Gasteiger partial charge on any atom is 0.416 e. The minimum absolute atomic E-state index is 0.118. The van der Waals surface area contributed by atoms with Crippen LogP contribution >= 0.6 is 11.3 Å². The molecule has 3 aromatic heterocycles. The number of aromatic nitrogens is 6. The van der Waals surface area contributed by atoms with Crippen LogP contribution in [0, 0.1) is 18.8 Å². The SMILES string of the molecule is Cc1nn(C(C)c2ccc(C(F)(F)F)cc2C(F)(F)F)cc1C#Cc1nnc(-c2cnccn2)s1. The Hall–Kier alpha value is -3.79. The van der Waals surface area contributed by atoms with Gasteiger partial charge < -0.3 is 0 Å². The zero-order chi connectivity index (χ0) is 25.4. The number of benzene rings is 1. The summed E-state index contributed by atoms with van der Waals surface area (Å²) in [6, 6.07) is 0.566. The normalized spacial score (nSPS) is 12.8. The monoisotopic (exact) mass is 508 g/mol. The lowest BCUT2D eigenvalue weighted by Crippen LogP contribution is -2.17. The molecule has 4 rings (SSSR count). The first-order valence-electron chi connectivity index (χ1n) is 9.89. The molecule has 0 N–H and O–H groups in total. The molecule has 0 saturated carbocycles. The lowest BCUT2D eigenvalue weighted by atomic mass is 9.98. The molecule has 0 aliphatic rings. The van der Waals surface area contributed by atoms with Gasteiger partial charge in [0, 0.05) is 18.6 Å². The Bertz CT molecular complexity index is 1410. The van der Waals surface area contributed by atoms with E-state index in [0.717, 1.165) is 6.07 Å². The molecule has 3 heterocycles. The van der Waals surface area contributed by atoms with Gasteiger partial charge >= 0.3 is 12.4 Å². The molecular weight excluding hydrogens is 494 g/mol. The van der Waals surface area contributed by atoms with Gasteiger partial charge in [-0.25, -0.2) is 0 Å². The van der Waals surface area contributed by atoms with Crippen molar-refractivity contribution in [3.8, 4) is 22.5 Å². The van der Waals surface area contributed by atoms with Crippen LogP contribution < -0.4 is 0 Å². The van der Waals surface area contributed by atoms with Crippen LogP contribution in [0.3, 0.4) is 0 Å². The molecule has 0 aliphatic heterocycles. The lowest BCUT2D eigenvalue weighted by molar-refractivity contribution is -0.143. The fourth-order valence-corrected chi connectivity index (χ4v) is 3.85. The van der Waals surface area contributed by atoms with Gasteiger partial charge in [0.15, 0.2) is 10.0 Å². The second-order valence-electron chi connectivity index (χ2n) is 7.33. The molecule has 1 atom stereocenters. The first kappa shape index (κ1) is 24.3. The van der Waals surface area contributed by atoms with Crippen molar-refractivity contribution in [1.82, 2.24) is 29.9 Å². The van der Waals surface area contributed by atoms with Crippen molar-refractivity contribution >= 4 is 11.3 Å². The van der Waals surface area contributed by atoms with Gasteiger partial charge in [-0.3, -0.25) is 14.6 Å². The van der Waals surface area contributed by atoms with Crippen molar-refractivity contribution in [2.75, 3.05) is 0 Å². The Kier molecular flexibility index (Phi) is 6.33. The van der Waals surface area contributed by atoms with Gasteiger partial charge in [-0.05, 0) is 37.5 Å². The third kappa shape index (κ3) is 5.32. The fourth-order valence-electron chi connectivity index (χ4n) is 3.20. The summed E-state index contributed by atoms with van der Waals surface area (Å²) in [5.41, 5.74) is -1.69. The molecule has 0 spiro atoms. The molecule has 180 valence electrons. The van der Waals surface area contributed by atoms with Gasteiger partial charge in [0.2, 0.25) is 0 Å². The molecular formula is C22H14F6N6S. The maximum atomic E-state index is 13.6. The number of hydrogen-bond donors (Lipinski definition) is 0. The maximum absolute atomic E-state index is 13.6. The van der Waals surface area contributed by atoms with E-state index < -0.39 is 29.5 Å². The molecule has 1 aromatic carbocycles. The van der Waals surface area contributed by atoms with E-state index in [1.807, 2.05) is 0 Å². The van der Waals surface area contributed by atoms with Gasteiger partial charge in [-0.15, -0.1) is 10.2 Å². The smallest absolute Gasteiger partial charge is 0.264 e. The van der Waals surface area contributed by atoms with Crippen LogP contribution in [0.4, 0.5) is 26.3 Å². The van der Waals surface area contributed by atoms with E-state index in [9.17, 15) is 26.3 Å². The van der Waals surface area contributed by atoms with Crippen LogP contribution in [0.5, 0.6) is 0 Å². The Morgan fingerprint density at radius 2 is 1.77 bits per heavy atom. The highest BCUT2D eigenvalue weighted by Crippen LogP contribution is 2.39. The standard InChI is InChI=1S/C22H14F6N6S/c1-12-14(3-6-19-31-32-20(35-19)18-10-29-7-8-30-18)11-34(33-12)13(2)16-5-4-15(21(23,24)25)9-17(16)22(26,27)28/h4-5,7-11,13H,1-2H3. The summed E-state index contributed by atoms with van der Waals surface area (Å²) in [5.74, 6) is 5.69. The zero-order valence-corrected chi connectivity index (χ0v) is 18.8. The third-order valence-electron chi connectivity index (χ3n) is 4.96. The van der Waals surface area contributed by atoms with Gasteiger partial charge in [0.25, 0.3) is 0 Å². The van der Waals surface area contributed by atoms with Crippen molar-refractivity contribution in [3.63, 3.8) is 0 Å². The highest BCUT2D eigenvalue weighted by atomic mass is 32.1. The minimum Gasteiger partial charge on any atom is -0.264 e. The van der Waals surface area contributed by atoms with E-state index in [2.05, 4.69) is 37.1 Å². The summed E-state index contributed by atoms with van der Waals surface area (Å²) in [4.78, 5) is 8.09. The molecule has 0 fully saturated rings. The van der Waals surface area contributed by atoms with Crippen LogP contribution in [0.2, 0.25) is 0 Å². The first-order chi connectivity index (χ1) is 16.4. The number of nitrogens with zero attached hydrogens (tertiary/aromatic N) is 6. The molecule has 0 radical (unpaired) electrons. The average molecular weight is 508 g/mol. The van der Waals surface area contributed by atoms with Gasteiger partial charge in [-0.1, -0.05) is 23.3 Å². The Balaban J connectivity index is 1.63. The summed E-state index contributed by atoms with van der Waals surface area (Å²) in [6.07, 6.45) is -3.87. The van der Waals surface area contributed by atoms with Crippen LogP contribution in [-0.2, 0) is 12.4 Å². The molecule has 0 amide bonds. The number of hydrogen-bond acceptors (Lipinski definition) is 6. The highest BCUT2D eigenvalue weighted by Gasteiger charge is 2.39. The molecule has 4 aromatic rings. The van der Waals surface area contributed by atoms with Gasteiger partial charge in [0.1, 0.15) is 5.69 Å². The molecule has 35 heavy (non-hydrogen) atoms. The van der Waals surface area contributed by atoms with Gasteiger partial charge in [0.05, 0.1) is 34.6 Å². The molecule has 6 nitrogen and oxygen atoms in total. The zero-order valence-electron chi connectivity index (χ0n) is 18.0. The Morgan fingerprint density at radius 3 is 2.43 bits per heavy atom. The largest absolute Gasteiger partial charge is 0.416 e. The van der Waals surface area contributed by atoms with E-state index >= 15 is 0 Å². The lowest BCUT2D eigenvalue weighted by Gasteiger charge is -2.20. The Labute approximate surface area is 198 Å². The quantitative estimate of drug-likeness (QED) is 0.268. The molecule has 0 aliphatic carbocycles. The van der Waals surface area contributed by atoms with E-state index in [4.69, 9.17) is 0 Å². The van der Waals surface area contributed by atoms with E-state index in [-0.39, 0.29) is 11.6 Å². The van der Waals surface area contributed by atoms with E-state index in [1.54, 1.807) is 6.92 Å². The number of alkyl halides is 6. The fraction of sp³-hybridized carbons (Fsp3) is 0.227. The van der Waals surface area contributed by atoms with Crippen molar-refractivity contribution in [2.45, 2.75) is 32.2 Å². The van der Waals surface area contributed by atoms with Crippen molar-refractivity contribution in [3.05, 3.63) is 75.9 Å². The molecule has 1 unspecified atom stereocenters. The van der Waals surface area contributed by atoms with Crippen LogP contribution in [-0.4, -0.2) is 29.9 Å². The predicted octanol–water partition coefficient (Wildman–Crippen LogP) is 5.55. The second-order valence-corrected chi connectivity index (χ2v) is 8.31. The second kappa shape index (κ2) is 9.10. The Morgan fingerprint density at radius 1 is 1.00 bits per heavy atom. The summed E-state index contributed by atoms with van der Waals surface area (Å²) >= 11 is 1.19. The van der Waals surface area contributed by atoms with Crippen molar-refractivity contribution in [1.29, 1.82) is 0 Å². The van der Waals surface area contributed by atoms with Crippen molar-refractivity contribution in [2.24, 2.45) is 0 Å². The summed E-state index contributed by atoms with van der Waals surface area (Å²) in [5, 5.41) is 13.1. The molecule has 0 bridgehead atoms. The summed E-state index contributed by atoms with van der Waals surface area (Å²) < 4.78 is 80.9. The first-order valence-corrected chi connectivity index (χ1v) is 10.7. The van der Waals surface area contributed by atoms with E-state index in [0.29, 0.717) is 33.0 Å². The third-order valence-corrected chi connectivity index (χ3v) is 5.82. The number of halogens is 6. The molecule has 13 heteroatoms. The highest BCUT2D eigenvalue weighted by molar-refractivity contribution is 7.15. The predicted molar refractivity (Wildman–Crippen MR) is 114 cm³/mol. The van der Waals surface area contributed by atoms with Crippen LogP contribution in [0.1, 0.15) is 45.9 Å². The summed E-state index contributed by atoms with van der Waals surface area (Å²) in [7, 11) is 0. The average Bonchev–Trinajstić information content (AvgIpc) is 3.43. The van der Waals surface area contributed by atoms with Crippen molar-refractivity contribution < 1.29 is 26.3 Å². The van der Waals surface area contributed by atoms with Crippen LogP contribution in [0.25, 0.3) is 10.7 Å². The topological polar surface area (TPSA) is 69.4 Å². The van der Waals surface area contributed by atoms with E-state index in [1.165, 1.54) is 47.7 Å². The number of aryl methyl sites for hydroxylation is 1. The van der Waals surface area contributed by atoms with Crippen LogP contribution in [0.15, 0.2) is 43.0 Å².